The first-order chi connectivity index (χ1) is 40.7. The number of hydrogen-bond donors (Lipinski definition) is 0. The molecular weight excluding hydrogens is 1020 g/mol. The summed E-state index contributed by atoms with van der Waals surface area (Å²) in [5, 5.41) is 0. The van der Waals surface area contributed by atoms with E-state index in [1.54, 1.807) is 0 Å². The Balaban J connectivity index is 1.24. The third kappa shape index (κ3) is 9.78. The number of benzene rings is 11. The third-order valence-corrected chi connectivity index (χ3v) is 18.4. The lowest BCUT2D eigenvalue weighted by atomic mass is 9.29. The monoisotopic (exact) mass is 1100 g/mol. The lowest BCUT2D eigenvalue weighted by molar-refractivity contribution is 0.568. The molecule has 0 atom stereocenters. The van der Waals surface area contributed by atoms with Crippen LogP contribution in [-0.4, -0.2) is 6.71 Å². The van der Waals surface area contributed by atoms with E-state index >= 15 is 0 Å². The van der Waals surface area contributed by atoms with Gasteiger partial charge in [-0.15, -0.1) is 0 Å². The summed E-state index contributed by atoms with van der Waals surface area (Å²) in [6, 6.07) is 98.0. The highest BCUT2D eigenvalue weighted by atomic mass is 15.2. The van der Waals surface area contributed by atoms with Gasteiger partial charge in [0.05, 0.1) is 11.1 Å². The summed E-state index contributed by atoms with van der Waals surface area (Å²) >= 11 is 0. The maximum Gasteiger partial charge on any atom is 0.247 e. The first-order valence-electron chi connectivity index (χ1n) is 30.7. The molecule has 2 heterocycles. The molecule has 2 heteroatoms. The maximum atomic E-state index is 2.69. The summed E-state index contributed by atoms with van der Waals surface area (Å²) in [6.45, 7) is 28.0. The Morgan fingerprint density at radius 2 is 0.671 bits per heavy atom. The number of hydrogen-bond acceptors (Lipinski definition) is 1. The van der Waals surface area contributed by atoms with Gasteiger partial charge in [-0.2, -0.15) is 0 Å². The standard InChI is InChI=1S/C83H78BN/c1-79(2,3)65-45-60(46-66(53-65)80(4,5)6)58-41-43-71-73(50-58)84-74-51-59(61-47-67(81(7,8)9)54-68(48-61)82(10,11)12)42-44-75(74)85(78-69(56-31-20-14-21-32-56)39-28-40-70(78)57-33-22-15-23-34-57)76-52-62(55-29-18-13-19-30-55)49-72(77(76)84)83(71,63-35-24-16-25-36-63)64-37-26-17-27-38-64/h13-54H,1-12H3. The topological polar surface area (TPSA) is 3.24 Å². The molecule has 0 fully saturated rings. The van der Waals surface area contributed by atoms with E-state index in [4.69, 9.17) is 0 Å². The number of nitrogens with zero attached hydrogens (tertiary/aromatic N) is 1. The van der Waals surface area contributed by atoms with Crippen molar-refractivity contribution in [2.24, 2.45) is 0 Å². The van der Waals surface area contributed by atoms with Crippen molar-refractivity contribution in [3.8, 4) is 55.6 Å². The van der Waals surface area contributed by atoms with Crippen LogP contribution < -0.4 is 21.3 Å². The van der Waals surface area contributed by atoms with Crippen molar-refractivity contribution >= 4 is 40.2 Å². The highest BCUT2D eigenvalue weighted by molar-refractivity contribution is 6.99. The first kappa shape index (κ1) is 55.5. The minimum absolute atomic E-state index is 0.0573. The van der Waals surface area contributed by atoms with Gasteiger partial charge in [0.1, 0.15) is 0 Å². The van der Waals surface area contributed by atoms with E-state index in [0.29, 0.717) is 0 Å². The maximum absolute atomic E-state index is 2.69. The second-order valence-corrected chi connectivity index (χ2v) is 28.2. The average molecular weight is 1100 g/mol. The highest BCUT2D eigenvalue weighted by Crippen LogP contribution is 2.54. The van der Waals surface area contributed by atoms with E-state index in [1.165, 1.54) is 128 Å². The molecule has 0 unspecified atom stereocenters. The zero-order chi connectivity index (χ0) is 59.2. The van der Waals surface area contributed by atoms with Crippen molar-refractivity contribution in [3.63, 3.8) is 0 Å². The summed E-state index contributed by atoms with van der Waals surface area (Å²) in [5.41, 5.74) is 28.9. The van der Waals surface area contributed by atoms with Crippen molar-refractivity contribution in [2.75, 3.05) is 4.90 Å². The number of anilines is 3. The Bertz CT molecular complexity index is 4140. The molecule has 11 aromatic rings. The summed E-state index contributed by atoms with van der Waals surface area (Å²) < 4.78 is 0. The molecule has 85 heavy (non-hydrogen) atoms. The fourth-order valence-corrected chi connectivity index (χ4v) is 13.7. The van der Waals surface area contributed by atoms with Crippen LogP contribution in [0.3, 0.4) is 0 Å². The number of fused-ring (bicyclic) bond motifs is 4. The highest BCUT2D eigenvalue weighted by Gasteiger charge is 2.52. The van der Waals surface area contributed by atoms with Crippen LogP contribution >= 0.6 is 0 Å². The van der Waals surface area contributed by atoms with Crippen LogP contribution in [0.5, 0.6) is 0 Å². The molecule has 11 aromatic carbocycles. The Morgan fingerprint density at radius 3 is 1.11 bits per heavy atom. The van der Waals surface area contributed by atoms with Gasteiger partial charge >= 0.3 is 0 Å². The van der Waals surface area contributed by atoms with Crippen LogP contribution in [0.2, 0.25) is 0 Å². The Morgan fingerprint density at radius 1 is 0.282 bits per heavy atom. The molecule has 0 aromatic heterocycles. The average Bonchev–Trinajstić information content (AvgIpc) is 0.721. The molecule has 0 aliphatic carbocycles. The fourth-order valence-electron chi connectivity index (χ4n) is 13.7. The molecule has 0 N–H and O–H groups in total. The van der Waals surface area contributed by atoms with E-state index in [2.05, 4.69) is 343 Å². The van der Waals surface area contributed by atoms with Gasteiger partial charge in [-0.3, -0.25) is 0 Å². The minimum Gasteiger partial charge on any atom is -0.310 e. The van der Waals surface area contributed by atoms with Crippen LogP contribution in [-0.2, 0) is 27.1 Å². The molecule has 2 aliphatic rings. The van der Waals surface area contributed by atoms with Crippen LogP contribution in [0.15, 0.2) is 255 Å². The van der Waals surface area contributed by atoms with Crippen LogP contribution in [0.4, 0.5) is 17.1 Å². The van der Waals surface area contributed by atoms with Gasteiger partial charge in [-0.1, -0.05) is 325 Å². The van der Waals surface area contributed by atoms with Crippen LogP contribution in [0.1, 0.15) is 128 Å². The molecule has 1 nitrogen and oxygen atoms in total. The number of rotatable bonds is 8. The predicted octanol–water partition coefficient (Wildman–Crippen LogP) is 20.2. The SMILES string of the molecule is CC(C)(C)c1cc(-c2ccc3c(c2)B2c4cc(-c5cc(C(C)(C)C)cc(C(C)(C)C)c5)ccc4C(c4ccccc4)(c4ccccc4)c4cc(-c5ccccc5)cc(c42)N3c2c(-c3ccccc3)cccc2-c2ccccc2)cc(C(C)(C)C)c1. The van der Waals surface area contributed by atoms with E-state index in [-0.39, 0.29) is 28.4 Å². The molecule has 0 spiro atoms. The second kappa shape index (κ2) is 20.8. The lowest BCUT2D eigenvalue weighted by Crippen LogP contribution is -2.65. The van der Waals surface area contributed by atoms with E-state index in [1.807, 2.05) is 0 Å². The third-order valence-electron chi connectivity index (χ3n) is 18.4. The molecule has 0 bridgehead atoms. The normalized spacial score (nSPS) is 13.7. The van der Waals surface area contributed by atoms with Gasteiger partial charge in [0, 0.05) is 22.5 Å². The largest absolute Gasteiger partial charge is 0.310 e. The summed E-state index contributed by atoms with van der Waals surface area (Å²) in [6.07, 6.45) is 0. The van der Waals surface area contributed by atoms with Crippen molar-refractivity contribution in [1.29, 1.82) is 0 Å². The quantitative estimate of drug-likeness (QED) is 0.137. The molecule has 418 valence electrons. The van der Waals surface area contributed by atoms with Crippen LogP contribution in [0, 0.1) is 0 Å². The van der Waals surface area contributed by atoms with E-state index < -0.39 is 5.41 Å². The predicted molar refractivity (Wildman–Crippen MR) is 366 cm³/mol. The lowest BCUT2D eigenvalue weighted by Gasteiger charge is -2.49. The molecule has 2 aliphatic heterocycles. The van der Waals surface area contributed by atoms with Crippen molar-refractivity contribution < 1.29 is 0 Å². The molecule has 0 amide bonds. The second-order valence-electron chi connectivity index (χ2n) is 28.2. The molecular formula is C83H78BN. The van der Waals surface area contributed by atoms with Gasteiger partial charge in [0.2, 0.25) is 6.71 Å². The summed E-state index contributed by atoms with van der Waals surface area (Å²) in [4.78, 5) is 2.69. The van der Waals surface area contributed by atoms with Gasteiger partial charge in [0.15, 0.2) is 0 Å². The molecule has 0 saturated carbocycles. The zero-order valence-corrected chi connectivity index (χ0v) is 51.8. The van der Waals surface area contributed by atoms with Crippen molar-refractivity contribution in [2.45, 2.75) is 110 Å². The van der Waals surface area contributed by atoms with Gasteiger partial charge in [0.25, 0.3) is 0 Å². The fraction of sp³-hybridized carbons (Fsp3) is 0.205. The van der Waals surface area contributed by atoms with Crippen LogP contribution in [0.25, 0.3) is 55.6 Å². The molecule has 0 saturated heterocycles. The number of para-hydroxylation sites is 1. The smallest absolute Gasteiger partial charge is 0.247 e. The Labute approximate surface area is 507 Å². The summed E-state index contributed by atoms with van der Waals surface area (Å²) in [7, 11) is 0. The van der Waals surface area contributed by atoms with Gasteiger partial charge in [-0.25, -0.2) is 0 Å². The first-order valence-corrected chi connectivity index (χ1v) is 30.7. The minimum atomic E-state index is -0.754. The Kier molecular flexibility index (Phi) is 13.6. The Hall–Kier alpha value is -8.72. The zero-order valence-electron chi connectivity index (χ0n) is 51.8. The molecule has 13 rings (SSSR count). The van der Waals surface area contributed by atoms with Crippen molar-refractivity contribution in [1.82, 2.24) is 0 Å². The van der Waals surface area contributed by atoms with E-state index in [9.17, 15) is 0 Å². The molecule has 0 radical (unpaired) electrons. The van der Waals surface area contributed by atoms with Crippen molar-refractivity contribution in [3.05, 3.63) is 299 Å². The van der Waals surface area contributed by atoms with Gasteiger partial charge in [-0.05, 0) is 140 Å². The van der Waals surface area contributed by atoms with Gasteiger partial charge < -0.3 is 4.90 Å². The van der Waals surface area contributed by atoms with E-state index in [0.717, 1.165) is 5.69 Å². The summed E-state index contributed by atoms with van der Waals surface area (Å²) in [5.74, 6) is 0.